The second-order valence-corrected chi connectivity index (χ2v) is 13.9. The van der Waals surface area contributed by atoms with Crippen LogP contribution in [0, 0.1) is 13.8 Å². The van der Waals surface area contributed by atoms with E-state index in [2.05, 4.69) is 139 Å². The highest BCUT2D eigenvalue weighted by molar-refractivity contribution is 5.88. The van der Waals surface area contributed by atoms with Gasteiger partial charge in [0.1, 0.15) is 0 Å². The highest BCUT2D eigenvalue weighted by atomic mass is 14.5. The molecule has 0 atom stereocenters. The van der Waals surface area contributed by atoms with Gasteiger partial charge in [-0.1, -0.05) is 125 Å². The molecule has 47 heavy (non-hydrogen) atoms. The summed E-state index contributed by atoms with van der Waals surface area (Å²) in [6.45, 7) is 13.8. The summed E-state index contributed by atoms with van der Waals surface area (Å²) in [6, 6.07) is 44.7. The van der Waals surface area contributed by atoms with Gasteiger partial charge in [0.2, 0.25) is 0 Å². The Morgan fingerprint density at radius 2 is 0.830 bits per heavy atom. The lowest BCUT2D eigenvalue weighted by atomic mass is 9.65. The molecule has 0 bridgehead atoms. The van der Waals surface area contributed by atoms with Gasteiger partial charge in [0.05, 0.1) is 5.41 Å². The van der Waals surface area contributed by atoms with Crippen LogP contribution in [-0.2, 0) is 5.41 Å². The monoisotopic (exact) mass is 612 g/mol. The first-order valence-electron chi connectivity index (χ1n) is 16.8. The number of aryl methyl sites for hydroxylation is 2. The van der Waals surface area contributed by atoms with E-state index in [1.165, 1.54) is 77.9 Å². The number of hydrogen-bond acceptors (Lipinski definition) is 2. The molecule has 1 aliphatic rings. The lowest BCUT2D eigenvalue weighted by Crippen LogP contribution is -2.29. The summed E-state index contributed by atoms with van der Waals surface area (Å²) in [7, 11) is 0. The van der Waals surface area contributed by atoms with Crippen molar-refractivity contribution in [3.63, 3.8) is 0 Å². The van der Waals surface area contributed by atoms with Crippen LogP contribution in [0.25, 0.3) is 33.4 Å². The summed E-state index contributed by atoms with van der Waals surface area (Å²) in [6.07, 6.45) is 0. The molecule has 0 spiro atoms. The third kappa shape index (κ3) is 4.86. The van der Waals surface area contributed by atoms with Crippen molar-refractivity contribution in [2.24, 2.45) is 0 Å². The van der Waals surface area contributed by atoms with Crippen LogP contribution in [0.15, 0.2) is 121 Å². The fourth-order valence-electron chi connectivity index (χ4n) is 8.08. The molecule has 0 saturated carbocycles. The van der Waals surface area contributed by atoms with E-state index in [9.17, 15) is 0 Å². The fourth-order valence-corrected chi connectivity index (χ4v) is 8.08. The molecule has 7 rings (SSSR count). The standard InChI is InChI=1S/C45H44N2/c1-27(2)39-25-33(23-29(5)43(39)31-15-19-35(46)20-16-31)45(41-13-9-7-11-37(41)38-12-8-10-14-42(38)45)34-24-30(6)44(40(26-34)28(3)4)32-17-21-36(47)22-18-32/h7-28H,46-47H2,1-6H3. The van der Waals surface area contributed by atoms with Gasteiger partial charge < -0.3 is 11.5 Å². The first-order valence-corrected chi connectivity index (χ1v) is 16.8. The minimum atomic E-state index is -0.491. The van der Waals surface area contributed by atoms with Crippen molar-refractivity contribution in [3.8, 4) is 33.4 Å². The van der Waals surface area contributed by atoms with Crippen molar-refractivity contribution in [2.45, 2.75) is 58.8 Å². The van der Waals surface area contributed by atoms with Crippen molar-refractivity contribution < 1.29 is 0 Å². The first kappa shape index (κ1) is 30.6. The van der Waals surface area contributed by atoms with Gasteiger partial charge in [-0.25, -0.2) is 0 Å². The zero-order valence-corrected chi connectivity index (χ0v) is 28.4. The number of anilines is 2. The van der Waals surface area contributed by atoms with Crippen LogP contribution in [0.3, 0.4) is 0 Å². The fraction of sp³-hybridized carbons (Fsp3) is 0.200. The topological polar surface area (TPSA) is 52.0 Å². The maximum atomic E-state index is 6.11. The molecule has 0 fully saturated rings. The van der Waals surface area contributed by atoms with E-state index in [4.69, 9.17) is 11.5 Å². The molecule has 234 valence electrons. The Morgan fingerprint density at radius 3 is 1.19 bits per heavy atom. The highest BCUT2D eigenvalue weighted by Crippen LogP contribution is 2.57. The Morgan fingerprint density at radius 1 is 0.468 bits per heavy atom. The van der Waals surface area contributed by atoms with Crippen LogP contribution in [0.5, 0.6) is 0 Å². The maximum Gasteiger partial charge on any atom is 0.0713 e. The molecule has 0 saturated heterocycles. The van der Waals surface area contributed by atoms with E-state index in [-0.39, 0.29) is 0 Å². The number of fused-ring (bicyclic) bond motifs is 3. The van der Waals surface area contributed by atoms with E-state index in [0.29, 0.717) is 11.8 Å². The predicted octanol–water partition coefficient (Wildman–Crippen LogP) is 11.4. The van der Waals surface area contributed by atoms with E-state index < -0.39 is 5.41 Å². The molecule has 6 aromatic carbocycles. The van der Waals surface area contributed by atoms with Gasteiger partial charge in [0.15, 0.2) is 0 Å². The molecular weight excluding hydrogens is 569 g/mol. The molecule has 0 unspecified atom stereocenters. The van der Waals surface area contributed by atoms with Crippen LogP contribution in [0.1, 0.15) is 84.0 Å². The Labute approximate surface area is 280 Å². The number of hydrogen-bond donors (Lipinski definition) is 2. The summed E-state index contributed by atoms with van der Waals surface area (Å²) < 4.78 is 0. The molecule has 2 nitrogen and oxygen atoms in total. The quantitative estimate of drug-likeness (QED) is 0.184. The Hall–Kier alpha value is -5.08. The Balaban J connectivity index is 1.59. The SMILES string of the molecule is Cc1cc(C2(c3cc(C)c(-c4ccc(N)cc4)c(C(C)C)c3)c3ccccc3-c3ccccc32)cc(C(C)C)c1-c1ccc(N)cc1. The van der Waals surface area contributed by atoms with Crippen molar-refractivity contribution >= 4 is 11.4 Å². The van der Waals surface area contributed by atoms with Crippen molar-refractivity contribution in [1.29, 1.82) is 0 Å². The van der Waals surface area contributed by atoms with Gasteiger partial charge in [-0.15, -0.1) is 0 Å². The average molecular weight is 613 g/mol. The summed E-state index contributed by atoms with van der Waals surface area (Å²) in [4.78, 5) is 0. The predicted molar refractivity (Wildman–Crippen MR) is 201 cm³/mol. The maximum absolute atomic E-state index is 6.11. The van der Waals surface area contributed by atoms with Gasteiger partial charge >= 0.3 is 0 Å². The lowest BCUT2D eigenvalue weighted by Gasteiger charge is -2.36. The van der Waals surface area contributed by atoms with E-state index in [1.54, 1.807) is 0 Å². The zero-order chi connectivity index (χ0) is 33.0. The van der Waals surface area contributed by atoms with Crippen molar-refractivity contribution in [2.75, 3.05) is 11.5 Å². The molecule has 4 N–H and O–H groups in total. The molecule has 0 radical (unpaired) electrons. The smallest absolute Gasteiger partial charge is 0.0713 e. The second kappa shape index (κ2) is 11.6. The van der Waals surface area contributed by atoms with Crippen LogP contribution >= 0.6 is 0 Å². The number of nitrogens with two attached hydrogens (primary N) is 2. The number of benzene rings is 6. The molecule has 0 amide bonds. The second-order valence-electron chi connectivity index (χ2n) is 13.9. The van der Waals surface area contributed by atoms with Gasteiger partial charge in [-0.3, -0.25) is 0 Å². The van der Waals surface area contributed by atoms with Gasteiger partial charge in [0, 0.05) is 11.4 Å². The molecule has 2 heteroatoms. The molecule has 0 heterocycles. The molecular formula is C45H44N2. The lowest BCUT2D eigenvalue weighted by molar-refractivity contribution is 0.751. The van der Waals surface area contributed by atoms with Crippen LogP contribution in [-0.4, -0.2) is 0 Å². The Kier molecular flexibility index (Phi) is 7.56. The van der Waals surface area contributed by atoms with Crippen LogP contribution < -0.4 is 11.5 Å². The van der Waals surface area contributed by atoms with Gasteiger partial charge in [-0.2, -0.15) is 0 Å². The third-order valence-corrected chi connectivity index (χ3v) is 10.2. The van der Waals surface area contributed by atoms with Crippen LogP contribution in [0.4, 0.5) is 11.4 Å². The van der Waals surface area contributed by atoms with E-state index >= 15 is 0 Å². The largest absolute Gasteiger partial charge is 0.399 e. The summed E-state index contributed by atoms with van der Waals surface area (Å²) >= 11 is 0. The number of nitrogen functional groups attached to an aromatic ring is 2. The average Bonchev–Trinajstić information content (AvgIpc) is 3.36. The summed E-state index contributed by atoms with van der Waals surface area (Å²) in [5, 5.41) is 0. The van der Waals surface area contributed by atoms with Crippen molar-refractivity contribution in [3.05, 3.63) is 166 Å². The highest BCUT2D eigenvalue weighted by Gasteiger charge is 2.47. The molecule has 0 aliphatic heterocycles. The normalized spacial score (nSPS) is 13.2. The zero-order valence-electron chi connectivity index (χ0n) is 28.4. The van der Waals surface area contributed by atoms with Gasteiger partial charge in [0.25, 0.3) is 0 Å². The summed E-state index contributed by atoms with van der Waals surface area (Å²) in [5.74, 6) is 0.650. The Bertz CT molecular complexity index is 1960. The minimum absolute atomic E-state index is 0.325. The molecule has 0 aromatic heterocycles. The van der Waals surface area contributed by atoms with Crippen LogP contribution in [0.2, 0.25) is 0 Å². The summed E-state index contributed by atoms with van der Waals surface area (Å²) in [5.41, 5.74) is 31.5. The minimum Gasteiger partial charge on any atom is -0.399 e. The molecule has 6 aromatic rings. The first-order chi connectivity index (χ1) is 22.6. The number of rotatable bonds is 6. The molecule has 1 aliphatic carbocycles. The van der Waals surface area contributed by atoms with E-state index in [1.807, 2.05) is 24.3 Å². The van der Waals surface area contributed by atoms with E-state index in [0.717, 1.165) is 11.4 Å². The van der Waals surface area contributed by atoms with Gasteiger partial charge in [-0.05, 0) is 128 Å². The van der Waals surface area contributed by atoms with Crippen molar-refractivity contribution in [1.82, 2.24) is 0 Å². The third-order valence-electron chi connectivity index (χ3n) is 10.2.